The molecule has 0 bridgehead atoms. The molecule has 0 aliphatic rings. The van der Waals surface area contributed by atoms with Gasteiger partial charge >= 0.3 is 0 Å². The standard InChI is InChI=1S/C15H25NO2/c1-13(17)8-10-16(11-9-14(2)18)12-15-6-4-3-5-7-15/h3-7,13-14,17-18H,8-12H2,1-2H3. The summed E-state index contributed by atoms with van der Waals surface area (Å²) in [6, 6.07) is 10.3. The van der Waals surface area contributed by atoms with Crippen LogP contribution < -0.4 is 0 Å². The van der Waals surface area contributed by atoms with E-state index < -0.39 is 0 Å². The van der Waals surface area contributed by atoms with E-state index >= 15 is 0 Å². The van der Waals surface area contributed by atoms with Crippen molar-refractivity contribution in [3.05, 3.63) is 35.9 Å². The molecule has 2 atom stereocenters. The summed E-state index contributed by atoms with van der Waals surface area (Å²) in [4.78, 5) is 2.29. The molecule has 3 heteroatoms. The zero-order valence-electron chi connectivity index (χ0n) is 11.4. The molecular formula is C15H25NO2. The van der Waals surface area contributed by atoms with E-state index in [-0.39, 0.29) is 12.2 Å². The molecular weight excluding hydrogens is 226 g/mol. The number of benzene rings is 1. The van der Waals surface area contributed by atoms with E-state index in [1.54, 1.807) is 0 Å². The Morgan fingerprint density at radius 3 is 1.89 bits per heavy atom. The Bertz CT molecular complexity index is 300. The lowest BCUT2D eigenvalue weighted by atomic mass is 10.1. The van der Waals surface area contributed by atoms with Crippen molar-refractivity contribution < 1.29 is 10.2 Å². The number of rotatable bonds is 8. The van der Waals surface area contributed by atoms with Gasteiger partial charge in [-0.3, -0.25) is 4.90 Å². The highest BCUT2D eigenvalue weighted by Gasteiger charge is 2.08. The lowest BCUT2D eigenvalue weighted by Gasteiger charge is -2.23. The van der Waals surface area contributed by atoms with Crippen molar-refractivity contribution in [2.45, 2.75) is 45.4 Å². The molecule has 0 saturated heterocycles. The predicted octanol–water partition coefficient (Wildman–Crippen LogP) is 2.03. The van der Waals surface area contributed by atoms with Gasteiger partial charge in [0.05, 0.1) is 12.2 Å². The molecule has 0 heterocycles. The number of hydrogen-bond acceptors (Lipinski definition) is 3. The third kappa shape index (κ3) is 6.74. The number of hydrogen-bond donors (Lipinski definition) is 2. The Labute approximate surface area is 110 Å². The minimum Gasteiger partial charge on any atom is -0.393 e. The molecule has 1 rings (SSSR count). The van der Waals surface area contributed by atoms with Crippen molar-refractivity contribution in [2.75, 3.05) is 13.1 Å². The highest BCUT2D eigenvalue weighted by molar-refractivity contribution is 5.14. The predicted molar refractivity (Wildman–Crippen MR) is 74.3 cm³/mol. The number of nitrogens with zero attached hydrogens (tertiary/aromatic N) is 1. The van der Waals surface area contributed by atoms with Crippen LogP contribution in [0.4, 0.5) is 0 Å². The molecule has 2 unspecified atom stereocenters. The van der Waals surface area contributed by atoms with Crippen LogP contribution in [0.25, 0.3) is 0 Å². The van der Waals surface area contributed by atoms with E-state index in [2.05, 4.69) is 17.0 Å². The van der Waals surface area contributed by atoms with Crippen LogP contribution in [-0.2, 0) is 6.54 Å². The first kappa shape index (κ1) is 15.2. The molecule has 0 saturated carbocycles. The van der Waals surface area contributed by atoms with Crippen LogP contribution in [0.1, 0.15) is 32.3 Å². The molecule has 0 aromatic heterocycles. The van der Waals surface area contributed by atoms with E-state index in [4.69, 9.17) is 0 Å². The van der Waals surface area contributed by atoms with Crippen LogP contribution in [0.5, 0.6) is 0 Å². The molecule has 3 nitrogen and oxygen atoms in total. The summed E-state index contributed by atoms with van der Waals surface area (Å²) in [5.41, 5.74) is 1.27. The minimum absolute atomic E-state index is 0.269. The van der Waals surface area contributed by atoms with Crippen molar-refractivity contribution in [2.24, 2.45) is 0 Å². The highest BCUT2D eigenvalue weighted by Crippen LogP contribution is 2.07. The topological polar surface area (TPSA) is 43.7 Å². The van der Waals surface area contributed by atoms with Crippen LogP contribution in [-0.4, -0.2) is 40.4 Å². The normalized spacial score (nSPS) is 14.7. The summed E-state index contributed by atoms with van der Waals surface area (Å²) < 4.78 is 0. The van der Waals surface area contributed by atoms with Gasteiger partial charge in [0, 0.05) is 19.6 Å². The maximum atomic E-state index is 9.37. The first-order valence-corrected chi connectivity index (χ1v) is 6.70. The fourth-order valence-electron chi connectivity index (χ4n) is 1.85. The Morgan fingerprint density at radius 1 is 0.944 bits per heavy atom. The Balaban J connectivity index is 2.48. The Hall–Kier alpha value is -0.900. The lowest BCUT2D eigenvalue weighted by molar-refractivity contribution is 0.130. The molecule has 0 aliphatic heterocycles. The van der Waals surface area contributed by atoms with Crippen LogP contribution >= 0.6 is 0 Å². The van der Waals surface area contributed by atoms with E-state index in [1.165, 1.54) is 5.56 Å². The van der Waals surface area contributed by atoms with Crippen molar-refractivity contribution >= 4 is 0 Å². The van der Waals surface area contributed by atoms with Crippen molar-refractivity contribution in [1.82, 2.24) is 4.90 Å². The second-order valence-corrected chi connectivity index (χ2v) is 5.04. The van der Waals surface area contributed by atoms with Gasteiger partial charge in [0.1, 0.15) is 0 Å². The summed E-state index contributed by atoms with van der Waals surface area (Å²) in [6.07, 6.45) is 1.00. The molecule has 0 fully saturated rings. The molecule has 18 heavy (non-hydrogen) atoms. The van der Waals surface area contributed by atoms with Crippen LogP contribution in [0.3, 0.4) is 0 Å². The van der Waals surface area contributed by atoms with E-state index in [9.17, 15) is 10.2 Å². The Morgan fingerprint density at radius 2 is 1.44 bits per heavy atom. The van der Waals surface area contributed by atoms with Gasteiger partial charge in [-0.25, -0.2) is 0 Å². The zero-order chi connectivity index (χ0) is 13.4. The molecule has 0 amide bonds. The number of aliphatic hydroxyl groups excluding tert-OH is 2. The number of aliphatic hydroxyl groups is 2. The minimum atomic E-state index is -0.269. The SMILES string of the molecule is CC(O)CCN(CCC(C)O)Cc1ccccc1. The van der Waals surface area contributed by atoms with Crippen molar-refractivity contribution in [1.29, 1.82) is 0 Å². The van der Waals surface area contributed by atoms with Gasteiger partial charge in [-0.1, -0.05) is 30.3 Å². The van der Waals surface area contributed by atoms with Crippen molar-refractivity contribution in [3.8, 4) is 0 Å². The van der Waals surface area contributed by atoms with Crippen molar-refractivity contribution in [3.63, 3.8) is 0 Å². The van der Waals surface area contributed by atoms with E-state index in [0.29, 0.717) is 0 Å². The molecule has 0 spiro atoms. The third-order valence-corrected chi connectivity index (χ3v) is 2.98. The highest BCUT2D eigenvalue weighted by atomic mass is 16.3. The van der Waals surface area contributed by atoms with Gasteiger partial charge in [-0.05, 0) is 32.3 Å². The monoisotopic (exact) mass is 251 g/mol. The summed E-state index contributed by atoms with van der Waals surface area (Å²) in [7, 11) is 0. The molecule has 2 N–H and O–H groups in total. The maximum Gasteiger partial charge on any atom is 0.0524 e. The fraction of sp³-hybridized carbons (Fsp3) is 0.600. The van der Waals surface area contributed by atoms with Gasteiger partial charge in [0.25, 0.3) is 0 Å². The summed E-state index contributed by atoms with van der Waals surface area (Å²) >= 11 is 0. The maximum absolute atomic E-state index is 9.37. The fourth-order valence-corrected chi connectivity index (χ4v) is 1.85. The summed E-state index contributed by atoms with van der Waals surface area (Å²) in [5, 5.41) is 18.7. The van der Waals surface area contributed by atoms with Gasteiger partial charge < -0.3 is 10.2 Å². The molecule has 1 aromatic carbocycles. The van der Waals surface area contributed by atoms with E-state index in [0.717, 1.165) is 32.5 Å². The third-order valence-electron chi connectivity index (χ3n) is 2.98. The summed E-state index contributed by atoms with van der Waals surface area (Å²) in [6.45, 7) is 6.23. The van der Waals surface area contributed by atoms with Gasteiger partial charge in [-0.15, -0.1) is 0 Å². The zero-order valence-corrected chi connectivity index (χ0v) is 11.4. The first-order chi connectivity index (χ1) is 8.58. The quantitative estimate of drug-likeness (QED) is 0.743. The molecule has 0 radical (unpaired) electrons. The smallest absolute Gasteiger partial charge is 0.0524 e. The van der Waals surface area contributed by atoms with Crippen LogP contribution in [0.2, 0.25) is 0 Å². The van der Waals surface area contributed by atoms with Crippen LogP contribution in [0, 0.1) is 0 Å². The van der Waals surface area contributed by atoms with Gasteiger partial charge in [0.2, 0.25) is 0 Å². The molecule has 102 valence electrons. The lowest BCUT2D eigenvalue weighted by Crippen LogP contribution is -2.29. The molecule has 1 aromatic rings. The second kappa shape index (κ2) is 8.25. The first-order valence-electron chi connectivity index (χ1n) is 6.70. The largest absolute Gasteiger partial charge is 0.393 e. The summed E-state index contributed by atoms with van der Waals surface area (Å²) in [5.74, 6) is 0. The second-order valence-electron chi connectivity index (χ2n) is 5.04. The molecule has 0 aliphatic carbocycles. The van der Waals surface area contributed by atoms with Gasteiger partial charge in [0.15, 0.2) is 0 Å². The van der Waals surface area contributed by atoms with E-state index in [1.807, 2.05) is 32.0 Å². The Kier molecular flexibility index (Phi) is 6.94. The average Bonchev–Trinajstić information content (AvgIpc) is 2.33. The van der Waals surface area contributed by atoms with Gasteiger partial charge in [-0.2, -0.15) is 0 Å². The average molecular weight is 251 g/mol. The van der Waals surface area contributed by atoms with Crippen LogP contribution in [0.15, 0.2) is 30.3 Å².